The Morgan fingerprint density at radius 2 is 1.00 bits per heavy atom. The molecule has 0 aliphatic rings. The number of carbonyl (C=O) groups is 2. The van der Waals surface area contributed by atoms with Crippen molar-refractivity contribution in [2.24, 2.45) is 0 Å². The molecule has 9 heavy (non-hydrogen) atoms. The minimum absolute atomic E-state index is 0. The van der Waals surface area contributed by atoms with Gasteiger partial charge in [-0.1, -0.05) is 0 Å². The number of hydrogen-bond acceptors (Lipinski definition) is 2. The van der Waals surface area contributed by atoms with Crippen LogP contribution in [-0.4, -0.2) is 45.2 Å². The molecule has 0 amide bonds. The van der Waals surface area contributed by atoms with Gasteiger partial charge in [-0.3, -0.25) is 9.59 Å². The molecule has 0 fully saturated rings. The van der Waals surface area contributed by atoms with Crippen LogP contribution in [0.2, 0.25) is 0 Å². The third-order valence-electron chi connectivity index (χ3n) is 0. The van der Waals surface area contributed by atoms with Gasteiger partial charge in [0.15, 0.2) is 0 Å². The average molecular weight is 146 g/mol. The summed E-state index contributed by atoms with van der Waals surface area (Å²) in [5, 5.41) is 14.8. The van der Waals surface area contributed by atoms with Gasteiger partial charge in [0.05, 0.1) is 0 Å². The Labute approximate surface area is 69.0 Å². The summed E-state index contributed by atoms with van der Waals surface area (Å²) >= 11 is 0. The van der Waals surface area contributed by atoms with Gasteiger partial charge in [0.2, 0.25) is 0 Å². The van der Waals surface area contributed by atoms with Crippen molar-refractivity contribution >= 4 is 35.0 Å². The summed E-state index contributed by atoms with van der Waals surface area (Å²) in [5.74, 6) is -1.67. The number of aliphatic carboxylic acids is 2. The van der Waals surface area contributed by atoms with Crippen LogP contribution in [0.3, 0.4) is 0 Å². The lowest BCUT2D eigenvalue weighted by atomic mass is 10.9. The van der Waals surface area contributed by atoms with E-state index < -0.39 is 11.9 Å². The van der Waals surface area contributed by atoms with E-state index in [1.165, 1.54) is 0 Å². The summed E-state index contributed by atoms with van der Waals surface area (Å²) in [6.07, 6.45) is 0. The first-order valence-electron chi connectivity index (χ1n) is 1.86. The molecule has 0 saturated carbocycles. The second kappa shape index (κ2) is 10.6. The molecule has 0 heterocycles. The molecule has 52 valence electrons. The lowest BCUT2D eigenvalue weighted by molar-refractivity contribution is -0.135. The molecule has 0 bridgehead atoms. The zero-order chi connectivity index (χ0) is 7.15. The van der Waals surface area contributed by atoms with E-state index >= 15 is 0 Å². The Morgan fingerprint density at radius 3 is 1.00 bits per heavy atom. The van der Waals surface area contributed by atoms with Gasteiger partial charge >= 0.3 is 23.1 Å². The van der Waals surface area contributed by atoms with E-state index in [0.717, 1.165) is 13.8 Å². The van der Waals surface area contributed by atoms with Crippen molar-refractivity contribution in [1.29, 1.82) is 0 Å². The van der Waals surface area contributed by atoms with Crippen LogP contribution in [0.15, 0.2) is 0 Å². The fourth-order valence-electron chi connectivity index (χ4n) is 0. The summed E-state index contributed by atoms with van der Waals surface area (Å²) in [6, 6.07) is 0. The number of carboxylic acids is 2. The minimum Gasteiger partial charge on any atom is -0.481 e. The molecule has 2 N–H and O–H groups in total. The van der Waals surface area contributed by atoms with Crippen LogP contribution in [0.5, 0.6) is 0 Å². The summed E-state index contributed by atoms with van der Waals surface area (Å²) < 4.78 is 0. The highest BCUT2D eigenvalue weighted by Crippen LogP contribution is 1.42. The number of carboxylic acid groups (broad SMARTS) is 2. The molecule has 0 rings (SSSR count). The molecule has 0 aromatic carbocycles. The van der Waals surface area contributed by atoms with Crippen LogP contribution in [0.4, 0.5) is 0 Å². The molecule has 5 heteroatoms. The van der Waals surface area contributed by atoms with Gasteiger partial charge in [-0.05, 0) is 0 Å². The van der Waals surface area contributed by atoms with Crippen LogP contribution in [0.25, 0.3) is 0 Å². The molecule has 0 aromatic rings. The van der Waals surface area contributed by atoms with Crippen molar-refractivity contribution in [1.82, 2.24) is 0 Å². The van der Waals surface area contributed by atoms with Crippen LogP contribution in [-0.2, 0) is 9.59 Å². The molecular formula is C4H10MgO4. The SMILES string of the molecule is CC(=O)O.CC(=O)O.[MgH2]. The summed E-state index contributed by atoms with van der Waals surface area (Å²) in [7, 11) is 0. The predicted octanol–water partition coefficient (Wildman–Crippen LogP) is -0.734. The van der Waals surface area contributed by atoms with Crippen molar-refractivity contribution in [2.45, 2.75) is 13.8 Å². The first-order valence-corrected chi connectivity index (χ1v) is 1.86. The lowest BCUT2D eigenvalue weighted by Gasteiger charge is -1.59. The van der Waals surface area contributed by atoms with Gasteiger partial charge in [-0.15, -0.1) is 0 Å². The fourth-order valence-corrected chi connectivity index (χ4v) is 0. The van der Waals surface area contributed by atoms with Crippen molar-refractivity contribution < 1.29 is 19.8 Å². The molecule has 0 atom stereocenters. The maximum absolute atomic E-state index is 9.00. The molecule has 0 aromatic heterocycles. The molecule has 0 aliphatic carbocycles. The van der Waals surface area contributed by atoms with Crippen LogP contribution >= 0.6 is 0 Å². The van der Waals surface area contributed by atoms with Crippen LogP contribution < -0.4 is 0 Å². The van der Waals surface area contributed by atoms with Gasteiger partial charge in [-0.2, -0.15) is 0 Å². The third-order valence-corrected chi connectivity index (χ3v) is 0. The van der Waals surface area contributed by atoms with Gasteiger partial charge in [-0.25, -0.2) is 0 Å². The Bertz CT molecular complexity index is 70.6. The quantitative estimate of drug-likeness (QED) is 0.442. The Morgan fingerprint density at radius 1 is 1.00 bits per heavy atom. The van der Waals surface area contributed by atoms with Crippen molar-refractivity contribution in [3.63, 3.8) is 0 Å². The molecule has 0 spiro atoms. The third kappa shape index (κ3) is 2910. The van der Waals surface area contributed by atoms with E-state index in [0.29, 0.717) is 0 Å². The van der Waals surface area contributed by atoms with Gasteiger partial charge in [0, 0.05) is 13.8 Å². The lowest BCUT2D eigenvalue weighted by Crippen LogP contribution is -1.78. The summed E-state index contributed by atoms with van der Waals surface area (Å²) in [4.78, 5) is 18.0. The topological polar surface area (TPSA) is 74.6 Å². The largest absolute Gasteiger partial charge is 0.481 e. The predicted molar refractivity (Wildman–Crippen MR) is 35.2 cm³/mol. The van der Waals surface area contributed by atoms with Gasteiger partial charge in [0.25, 0.3) is 11.9 Å². The molecule has 0 saturated heterocycles. The summed E-state index contributed by atoms with van der Waals surface area (Å²) in [6.45, 7) is 2.17. The summed E-state index contributed by atoms with van der Waals surface area (Å²) in [5.41, 5.74) is 0. The second-order valence-electron chi connectivity index (χ2n) is 1.04. The fraction of sp³-hybridized carbons (Fsp3) is 0.500. The number of hydrogen-bond donors (Lipinski definition) is 2. The Hall–Kier alpha value is -0.294. The van der Waals surface area contributed by atoms with E-state index in [1.54, 1.807) is 0 Å². The molecule has 0 radical (unpaired) electrons. The highest BCUT2D eigenvalue weighted by atomic mass is 24.3. The van der Waals surface area contributed by atoms with E-state index in [-0.39, 0.29) is 23.1 Å². The molecule has 0 aliphatic heterocycles. The highest BCUT2D eigenvalue weighted by Gasteiger charge is 1.65. The van der Waals surface area contributed by atoms with E-state index in [4.69, 9.17) is 19.8 Å². The van der Waals surface area contributed by atoms with Crippen molar-refractivity contribution in [3.05, 3.63) is 0 Å². The highest BCUT2D eigenvalue weighted by molar-refractivity contribution is 5.75. The Kier molecular flexibility index (Phi) is 18.8. The smallest absolute Gasteiger partial charge is 0.316 e. The van der Waals surface area contributed by atoms with Crippen molar-refractivity contribution in [2.75, 3.05) is 0 Å². The maximum Gasteiger partial charge on any atom is 0.316 e. The Balaban J connectivity index is -0.0000000720. The van der Waals surface area contributed by atoms with Crippen molar-refractivity contribution in [3.8, 4) is 0 Å². The average Bonchev–Trinajstić information content (AvgIpc) is 1.25. The van der Waals surface area contributed by atoms with E-state index in [2.05, 4.69) is 0 Å². The van der Waals surface area contributed by atoms with E-state index in [9.17, 15) is 0 Å². The van der Waals surface area contributed by atoms with Crippen LogP contribution in [0.1, 0.15) is 13.8 Å². The monoisotopic (exact) mass is 146 g/mol. The number of rotatable bonds is 0. The normalized spacial score (nSPS) is 5.56. The zero-order valence-corrected chi connectivity index (χ0v) is 4.71. The second-order valence-corrected chi connectivity index (χ2v) is 1.04. The molecule has 4 nitrogen and oxygen atoms in total. The maximum atomic E-state index is 9.00. The first-order chi connectivity index (χ1) is 3.46. The molecule has 0 unspecified atom stereocenters. The van der Waals surface area contributed by atoms with Gasteiger partial charge in [0.1, 0.15) is 0 Å². The molecular weight excluding hydrogens is 136 g/mol. The zero-order valence-electron chi connectivity index (χ0n) is 4.71. The standard InChI is InChI=1S/2C2H4O2.Mg.2H/c2*1-2(3)4;;;/h2*1H3,(H,3,4);;;. The van der Waals surface area contributed by atoms with Gasteiger partial charge < -0.3 is 10.2 Å². The minimum atomic E-state index is -0.833. The van der Waals surface area contributed by atoms with Crippen LogP contribution in [0, 0.1) is 0 Å². The first kappa shape index (κ1) is 15.9. The van der Waals surface area contributed by atoms with E-state index in [1.807, 2.05) is 0 Å².